The van der Waals surface area contributed by atoms with E-state index >= 15 is 0 Å². The van der Waals surface area contributed by atoms with E-state index in [0.717, 1.165) is 25.9 Å². The number of carbonyl (C=O) groups is 2. The van der Waals surface area contributed by atoms with Gasteiger partial charge in [-0.05, 0) is 31.0 Å². The molecule has 5 heteroatoms. The van der Waals surface area contributed by atoms with Crippen LogP contribution < -0.4 is 4.74 Å². The molecule has 0 unspecified atom stereocenters. The third-order valence-corrected chi connectivity index (χ3v) is 3.59. The van der Waals surface area contributed by atoms with E-state index in [1.165, 1.54) is 19.3 Å². The zero-order valence-corrected chi connectivity index (χ0v) is 12.1. The maximum absolute atomic E-state index is 12.5. The van der Waals surface area contributed by atoms with Gasteiger partial charge in [0.15, 0.2) is 6.61 Å². The fourth-order valence-corrected chi connectivity index (χ4v) is 2.50. The van der Waals surface area contributed by atoms with Gasteiger partial charge in [0.2, 0.25) is 0 Å². The third-order valence-electron chi connectivity index (χ3n) is 3.59. The molecule has 114 valence electrons. The summed E-state index contributed by atoms with van der Waals surface area (Å²) in [7, 11) is 0. The topological polar surface area (TPSA) is 66.8 Å². The Kier molecular flexibility index (Phi) is 5.60. The number of likely N-dealkylation sites (tertiary alicyclic amines) is 1. The minimum absolute atomic E-state index is 0.00215. The molecule has 0 aliphatic carbocycles. The molecule has 1 amide bonds. The first-order chi connectivity index (χ1) is 10.2. The van der Waals surface area contributed by atoms with E-state index in [2.05, 4.69) is 0 Å². The highest BCUT2D eigenvalue weighted by Gasteiger charge is 2.17. The van der Waals surface area contributed by atoms with Crippen molar-refractivity contribution in [1.29, 1.82) is 0 Å². The zero-order valence-electron chi connectivity index (χ0n) is 12.1. The molecule has 21 heavy (non-hydrogen) atoms. The van der Waals surface area contributed by atoms with Gasteiger partial charge < -0.3 is 14.7 Å². The van der Waals surface area contributed by atoms with Gasteiger partial charge in [-0.15, -0.1) is 0 Å². The van der Waals surface area contributed by atoms with E-state index in [4.69, 9.17) is 9.84 Å². The zero-order chi connectivity index (χ0) is 15.1. The molecule has 2 rings (SSSR count). The standard InChI is InChI=1S/C16H21NO4/c18-15(19)12-21-14-8-6-7-13(11-14)16(20)17-9-4-2-1-3-5-10-17/h6-8,11H,1-5,9-10,12H2,(H,18,19). The molecule has 1 saturated heterocycles. The van der Waals surface area contributed by atoms with Crippen LogP contribution in [-0.2, 0) is 4.79 Å². The first-order valence-corrected chi connectivity index (χ1v) is 7.41. The molecular weight excluding hydrogens is 270 g/mol. The molecule has 1 aromatic rings. The predicted octanol–water partition coefficient (Wildman–Crippen LogP) is 2.56. The fourth-order valence-electron chi connectivity index (χ4n) is 2.50. The minimum atomic E-state index is -1.03. The summed E-state index contributed by atoms with van der Waals surface area (Å²) in [6, 6.07) is 6.74. The van der Waals surface area contributed by atoms with Gasteiger partial charge in [0.1, 0.15) is 5.75 Å². The van der Waals surface area contributed by atoms with Crippen LogP contribution in [0.1, 0.15) is 42.5 Å². The average Bonchev–Trinajstić information content (AvgIpc) is 2.44. The Morgan fingerprint density at radius 2 is 1.76 bits per heavy atom. The van der Waals surface area contributed by atoms with Crippen molar-refractivity contribution >= 4 is 11.9 Å². The highest BCUT2D eigenvalue weighted by atomic mass is 16.5. The van der Waals surface area contributed by atoms with E-state index < -0.39 is 12.6 Å². The second kappa shape index (κ2) is 7.67. The Hall–Kier alpha value is -2.04. The maximum atomic E-state index is 12.5. The van der Waals surface area contributed by atoms with Gasteiger partial charge in [-0.2, -0.15) is 0 Å². The van der Waals surface area contributed by atoms with Crippen LogP contribution >= 0.6 is 0 Å². The maximum Gasteiger partial charge on any atom is 0.341 e. The summed E-state index contributed by atoms with van der Waals surface area (Å²) >= 11 is 0. The van der Waals surface area contributed by atoms with Crippen molar-refractivity contribution in [3.05, 3.63) is 29.8 Å². The summed E-state index contributed by atoms with van der Waals surface area (Å²) in [5.41, 5.74) is 0.554. The summed E-state index contributed by atoms with van der Waals surface area (Å²) in [5, 5.41) is 8.61. The third kappa shape index (κ3) is 4.77. The lowest BCUT2D eigenvalue weighted by Crippen LogP contribution is -2.33. The van der Waals surface area contributed by atoms with Crippen molar-refractivity contribution in [2.24, 2.45) is 0 Å². The number of carboxylic acid groups (broad SMARTS) is 1. The van der Waals surface area contributed by atoms with Gasteiger partial charge in [-0.1, -0.05) is 25.3 Å². The molecule has 1 aliphatic rings. The van der Waals surface area contributed by atoms with Crippen LogP contribution in [-0.4, -0.2) is 41.6 Å². The van der Waals surface area contributed by atoms with E-state index in [1.807, 2.05) is 4.90 Å². The van der Waals surface area contributed by atoms with Crippen LogP contribution in [0, 0.1) is 0 Å². The molecular formula is C16H21NO4. The Labute approximate surface area is 124 Å². The Bertz CT molecular complexity index is 493. The second-order valence-electron chi connectivity index (χ2n) is 5.27. The molecule has 0 atom stereocenters. The summed E-state index contributed by atoms with van der Waals surface area (Å²) in [6.07, 6.45) is 5.68. The van der Waals surface area contributed by atoms with Gasteiger partial charge in [-0.25, -0.2) is 4.79 Å². The molecule has 0 radical (unpaired) electrons. The number of carboxylic acids is 1. The Morgan fingerprint density at radius 3 is 2.43 bits per heavy atom. The quantitative estimate of drug-likeness (QED) is 0.925. The SMILES string of the molecule is O=C(O)COc1cccc(C(=O)N2CCCCCCC2)c1. The van der Waals surface area contributed by atoms with E-state index in [0.29, 0.717) is 11.3 Å². The van der Waals surface area contributed by atoms with Gasteiger partial charge in [0.25, 0.3) is 5.91 Å². The monoisotopic (exact) mass is 291 g/mol. The van der Waals surface area contributed by atoms with Gasteiger partial charge in [0, 0.05) is 18.7 Å². The molecule has 5 nitrogen and oxygen atoms in total. The number of hydrogen-bond donors (Lipinski definition) is 1. The summed E-state index contributed by atoms with van der Waals surface area (Å²) < 4.78 is 5.12. The molecule has 0 bridgehead atoms. The highest BCUT2D eigenvalue weighted by molar-refractivity contribution is 5.94. The molecule has 1 fully saturated rings. The molecule has 1 N–H and O–H groups in total. The lowest BCUT2D eigenvalue weighted by molar-refractivity contribution is -0.139. The summed E-state index contributed by atoms with van der Waals surface area (Å²) in [4.78, 5) is 24.9. The number of aliphatic carboxylic acids is 1. The van der Waals surface area contributed by atoms with Crippen LogP contribution in [0.25, 0.3) is 0 Å². The summed E-state index contributed by atoms with van der Waals surface area (Å²) in [6.45, 7) is 1.18. The number of rotatable bonds is 4. The van der Waals surface area contributed by atoms with Crippen LogP contribution in [0.5, 0.6) is 5.75 Å². The predicted molar refractivity (Wildman–Crippen MR) is 78.6 cm³/mol. The normalized spacial score (nSPS) is 15.9. The van der Waals surface area contributed by atoms with Gasteiger partial charge >= 0.3 is 5.97 Å². The van der Waals surface area contributed by atoms with E-state index in [9.17, 15) is 9.59 Å². The van der Waals surface area contributed by atoms with Crippen LogP contribution in [0.4, 0.5) is 0 Å². The molecule has 0 spiro atoms. The number of hydrogen-bond acceptors (Lipinski definition) is 3. The van der Waals surface area contributed by atoms with Crippen molar-refractivity contribution in [3.63, 3.8) is 0 Å². The number of nitrogens with zero attached hydrogens (tertiary/aromatic N) is 1. The molecule has 1 heterocycles. The molecule has 1 aliphatic heterocycles. The molecule has 0 aromatic heterocycles. The number of carbonyl (C=O) groups excluding carboxylic acids is 1. The highest BCUT2D eigenvalue weighted by Crippen LogP contribution is 2.17. The smallest absolute Gasteiger partial charge is 0.341 e. The van der Waals surface area contributed by atoms with Crippen LogP contribution in [0.15, 0.2) is 24.3 Å². The van der Waals surface area contributed by atoms with Crippen LogP contribution in [0.2, 0.25) is 0 Å². The average molecular weight is 291 g/mol. The van der Waals surface area contributed by atoms with Gasteiger partial charge in [-0.3, -0.25) is 4.79 Å². The lowest BCUT2D eigenvalue weighted by Gasteiger charge is -2.25. The van der Waals surface area contributed by atoms with Crippen molar-refractivity contribution in [1.82, 2.24) is 4.90 Å². The lowest BCUT2D eigenvalue weighted by atomic mass is 10.1. The first kappa shape index (κ1) is 15.4. The Morgan fingerprint density at radius 1 is 1.10 bits per heavy atom. The number of ether oxygens (including phenoxy) is 1. The van der Waals surface area contributed by atoms with Gasteiger partial charge in [0.05, 0.1) is 0 Å². The molecule has 1 aromatic carbocycles. The van der Waals surface area contributed by atoms with E-state index in [1.54, 1.807) is 24.3 Å². The summed E-state index contributed by atoms with van der Waals surface area (Å²) in [5.74, 6) is -0.622. The Balaban J connectivity index is 2.03. The molecule has 0 saturated carbocycles. The van der Waals surface area contributed by atoms with Crippen molar-refractivity contribution in [3.8, 4) is 5.75 Å². The largest absolute Gasteiger partial charge is 0.482 e. The van der Waals surface area contributed by atoms with Crippen molar-refractivity contribution in [2.75, 3.05) is 19.7 Å². The number of benzene rings is 1. The van der Waals surface area contributed by atoms with Crippen LogP contribution in [0.3, 0.4) is 0 Å². The fraction of sp³-hybridized carbons (Fsp3) is 0.500. The van der Waals surface area contributed by atoms with Crippen molar-refractivity contribution in [2.45, 2.75) is 32.1 Å². The number of amides is 1. The van der Waals surface area contributed by atoms with Crippen molar-refractivity contribution < 1.29 is 19.4 Å². The van der Waals surface area contributed by atoms with E-state index in [-0.39, 0.29) is 5.91 Å². The first-order valence-electron chi connectivity index (χ1n) is 7.41. The minimum Gasteiger partial charge on any atom is -0.482 e. The second-order valence-corrected chi connectivity index (χ2v) is 5.27.